The molecule has 3 heterocycles. The Hall–Kier alpha value is -2.31. The average molecular weight is 386 g/mol. The molecule has 1 saturated heterocycles. The van der Waals surface area contributed by atoms with Crippen LogP contribution in [-0.4, -0.2) is 44.2 Å². The molecule has 28 heavy (non-hydrogen) atoms. The predicted molar refractivity (Wildman–Crippen MR) is 109 cm³/mol. The molecule has 2 aliphatic rings. The number of nitrogens with two attached hydrogens (primary N) is 1. The number of pyridine rings is 1. The lowest BCUT2D eigenvalue weighted by Gasteiger charge is -2.33. The summed E-state index contributed by atoms with van der Waals surface area (Å²) in [5.74, 6) is 0.942. The summed E-state index contributed by atoms with van der Waals surface area (Å²) in [7, 11) is 0. The number of anilines is 1. The largest absolute Gasteiger partial charge is 0.444 e. The lowest BCUT2D eigenvalue weighted by Crippen LogP contribution is -2.41. The van der Waals surface area contributed by atoms with E-state index in [0.717, 1.165) is 29.6 Å². The molecule has 2 N–H and O–H groups in total. The molecule has 7 heteroatoms. The molecular weight excluding hydrogens is 354 g/mol. The van der Waals surface area contributed by atoms with Crippen molar-refractivity contribution in [2.24, 2.45) is 0 Å². The van der Waals surface area contributed by atoms with Gasteiger partial charge >= 0.3 is 6.09 Å². The van der Waals surface area contributed by atoms with Gasteiger partial charge in [0.05, 0.1) is 11.7 Å². The van der Waals surface area contributed by atoms with Crippen molar-refractivity contribution < 1.29 is 9.53 Å². The predicted octanol–water partition coefficient (Wildman–Crippen LogP) is 4.24. The number of rotatable bonds is 2. The molecule has 0 radical (unpaired) electrons. The number of nitrogens with zero attached hydrogens (tertiary/aromatic N) is 4. The van der Waals surface area contributed by atoms with Crippen LogP contribution in [0.3, 0.4) is 0 Å². The Bertz CT molecular complexity index is 856. The highest BCUT2D eigenvalue weighted by Crippen LogP contribution is 2.36. The van der Waals surface area contributed by atoms with E-state index in [0.29, 0.717) is 31.0 Å². The van der Waals surface area contributed by atoms with E-state index in [1.54, 1.807) is 4.90 Å². The summed E-state index contributed by atoms with van der Waals surface area (Å²) in [6.07, 6.45) is 8.27. The van der Waals surface area contributed by atoms with E-state index in [9.17, 15) is 4.79 Å². The van der Waals surface area contributed by atoms with E-state index < -0.39 is 5.60 Å². The van der Waals surface area contributed by atoms with Crippen LogP contribution in [0.2, 0.25) is 0 Å². The molecule has 0 unspecified atom stereocenters. The summed E-state index contributed by atoms with van der Waals surface area (Å²) in [6, 6.07) is 2.62. The maximum atomic E-state index is 12.3. The molecule has 1 aliphatic heterocycles. The molecule has 0 bridgehead atoms. The fraction of sp³-hybridized carbons (Fsp3) is 0.667. The number of hydrogen-bond acceptors (Lipinski definition) is 5. The number of imidazole rings is 1. The summed E-state index contributed by atoms with van der Waals surface area (Å²) in [4.78, 5) is 23.3. The van der Waals surface area contributed by atoms with Crippen LogP contribution < -0.4 is 5.73 Å². The van der Waals surface area contributed by atoms with E-state index >= 15 is 0 Å². The topological polar surface area (TPSA) is 86.3 Å². The number of nitrogen functional groups attached to an aromatic ring is 1. The minimum atomic E-state index is -0.459. The molecule has 0 spiro atoms. The number of hydrogen-bond donors (Lipinski definition) is 1. The molecule has 1 aliphatic carbocycles. The quantitative estimate of drug-likeness (QED) is 0.835. The van der Waals surface area contributed by atoms with E-state index in [1.807, 2.05) is 27.0 Å². The molecule has 152 valence electrons. The van der Waals surface area contributed by atoms with Crippen LogP contribution in [0, 0.1) is 0 Å². The highest BCUT2D eigenvalue weighted by molar-refractivity contribution is 5.78. The Balaban J connectivity index is 1.49. The Morgan fingerprint density at radius 2 is 1.86 bits per heavy atom. The second kappa shape index (κ2) is 7.26. The summed E-state index contributed by atoms with van der Waals surface area (Å²) >= 11 is 0. The second-order valence-corrected chi connectivity index (χ2v) is 9.12. The van der Waals surface area contributed by atoms with Crippen molar-refractivity contribution in [3.05, 3.63) is 18.0 Å². The van der Waals surface area contributed by atoms with Crippen LogP contribution in [0.15, 0.2) is 12.3 Å². The smallest absolute Gasteiger partial charge is 0.410 e. The third-order valence-electron chi connectivity index (χ3n) is 5.88. The van der Waals surface area contributed by atoms with Gasteiger partial charge in [0.15, 0.2) is 0 Å². The van der Waals surface area contributed by atoms with Crippen molar-refractivity contribution in [3.63, 3.8) is 0 Å². The fourth-order valence-electron chi connectivity index (χ4n) is 4.49. The van der Waals surface area contributed by atoms with Gasteiger partial charge in [-0.15, -0.1) is 0 Å². The lowest BCUT2D eigenvalue weighted by molar-refractivity contribution is 0.0204. The normalized spacial score (nSPS) is 19.5. The van der Waals surface area contributed by atoms with Gasteiger partial charge in [-0.1, -0.05) is 12.8 Å². The minimum absolute atomic E-state index is 0.221. The van der Waals surface area contributed by atoms with Gasteiger partial charge in [-0.3, -0.25) is 4.98 Å². The zero-order valence-electron chi connectivity index (χ0n) is 17.1. The van der Waals surface area contributed by atoms with Crippen LogP contribution in [0.4, 0.5) is 10.7 Å². The van der Waals surface area contributed by atoms with Crippen LogP contribution >= 0.6 is 0 Å². The lowest BCUT2D eigenvalue weighted by atomic mass is 9.93. The van der Waals surface area contributed by atoms with Gasteiger partial charge < -0.3 is 19.9 Å². The van der Waals surface area contributed by atoms with Gasteiger partial charge in [-0.2, -0.15) is 0 Å². The van der Waals surface area contributed by atoms with Crippen molar-refractivity contribution in [1.82, 2.24) is 19.4 Å². The first kappa shape index (κ1) is 19.0. The van der Waals surface area contributed by atoms with Gasteiger partial charge in [-0.05, 0) is 52.5 Å². The first-order chi connectivity index (χ1) is 13.3. The van der Waals surface area contributed by atoms with Crippen LogP contribution in [0.5, 0.6) is 0 Å². The van der Waals surface area contributed by atoms with E-state index in [-0.39, 0.29) is 6.09 Å². The van der Waals surface area contributed by atoms with E-state index in [2.05, 4.69) is 20.6 Å². The van der Waals surface area contributed by atoms with Crippen molar-refractivity contribution >= 4 is 23.1 Å². The molecule has 2 fully saturated rings. The standard InChI is InChI=1S/C21H31N5O2/c1-21(2,3)28-20(27)25-10-8-14(9-11-25)16-12-18-17(13-23-16)24-19(22)26(18)15-6-4-5-7-15/h12-15H,4-11H2,1-3H3,(H2,22,24). The summed E-state index contributed by atoms with van der Waals surface area (Å²) in [6.45, 7) is 7.09. The number of fused-ring (bicyclic) bond motifs is 1. The van der Waals surface area contributed by atoms with Gasteiger partial charge in [0.1, 0.15) is 11.1 Å². The number of aromatic nitrogens is 3. The van der Waals surface area contributed by atoms with Gasteiger partial charge in [-0.25, -0.2) is 9.78 Å². The molecule has 0 aromatic carbocycles. The van der Waals surface area contributed by atoms with E-state index in [4.69, 9.17) is 10.5 Å². The molecule has 2 aromatic heterocycles. The molecule has 2 aromatic rings. The Labute approximate surface area is 166 Å². The third kappa shape index (κ3) is 3.80. The van der Waals surface area contributed by atoms with Crippen LogP contribution in [0.25, 0.3) is 11.0 Å². The minimum Gasteiger partial charge on any atom is -0.444 e. The number of ether oxygens (including phenoxy) is 1. The number of likely N-dealkylation sites (tertiary alicyclic amines) is 1. The van der Waals surface area contributed by atoms with Crippen LogP contribution in [-0.2, 0) is 4.74 Å². The van der Waals surface area contributed by atoms with Gasteiger partial charge in [0.25, 0.3) is 0 Å². The molecule has 0 atom stereocenters. The number of piperidine rings is 1. The van der Waals surface area contributed by atoms with Crippen molar-refractivity contribution in [2.45, 2.75) is 76.9 Å². The zero-order valence-corrected chi connectivity index (χ0v) is 17.1. The fourth-order valence-corrected chi connectivity index (χ4v) is 4.49. The molecular formula is C21H31N5O2. The molecule has 4 rings (SSSR count). The Morgan fingerprint density at radius 3 is 2.50 bits per heavy atom. The second-order valence-electron chi connectivity index (χ2n) is 9.12. The summed E-state index contributed by atoms with van der Waals surface area (Å²) in [5.41, 5.74) is 8.82. The third-order valence-corrected chi connectivity index (χ3v) is 5.88. The number of carbonyl (C=O) groups is 1. The highest BCUT2D eigenvalue weighted by atomic mass is 16.6. The highest BCUT2D eigenvalue weighted by Gasteiger charge is 2.29. The first-order valence-corrected chi connectivity index (χ1v) is 10.4. The molecule has 1 amide bonds. The number of carbonyl (C=O) groups excluding carboxylic acids is 1. The number of amides is 1. The molecule has 7 nitrogen and oxygen atoms in total. The monoisotopic (exact) mass is 385 g/mol. The first-order valence-electron chi connectivity index (χ1n) is 10.4. The Kier molecular flexibility index (Phi) is 4.93. The van der Waals surface area contributed by atoms with E-state index in [1.165, 1.54) is 25.7 Å². The van der Waals surface area contributed by atoms with Crippen molar-refractivity contribution in [2.75, 3.05) is 18.8 Å². The summed E-state index contributed by atoms with van der Waals surface area (Å²) in [5, 5.41) is 0. The summed E-state index contributed by atoms with van der Waals surface area (Å²) < 4.78 is 7.71. The van der Waals surface area contributed by atoms with Gasteiger partial charge in [0, 0.05) is 30.7 Å². The van der Waals surface area contributed by atoms with Crippen molar-refractivity contribution in [3.8, 4) is 0 Å². The maximum Gasteiger partial charge on any atom is 0.410 e. The van der Waals surface area contributed by atoms with Crippen molar-refractivity contribution in [1.29, 1.82) is 0 Å². The SMILES string of the molecule is CC(C)(C)OC(=O)N1CCC(c2cc3c(cn2)nc(N)n3C2CCCC2)CC1. The molecule has 1 saturated carbocycles. The van der Waals surface area contributed by atoms with Gasteiger partial charge in [0.2, 0.25) is 5.95 Å². The zero-order chi connectivity index (χ0) is 19.9. The Morgan fingerprint density at radius 1 is 1.18 bits per heavy atom. The van der Waals surface area contributed by atoms with Crippen LogP contribution in [0.1, 0.15) is 76.9 Å². The maximum absolute atomic E-state index is 12.3. The average Bonchev–Trinajstić information content (AvgIpc) is 3.26.